The molecule has 5 nitrogen and oxygen atoms in total. The predicted octanol–water partition coefficient (Wildman–Crippen LogP) is 1.96. The third-order valence-electron chi connectivity index (χ3n) is 2.46. The second-order valence-electron chi connectivity index (χ2n) is 3.85. The Morgan fingerprint density at radius 3 is 2.44 bits per heavy atom. The van der Waals surface area contributed by atoms with Crippen molar-refractivity contribution in [1.29, 1.82) is 0 Å². The number of nitrogens with zero attached hydrogens (tertiary/aromatic N) is 3. The normalized spacial score (nSPS) is 10.1. The van der Waals surface area contributed by atoms with Gasteiger partial charge >= 0.3 is 0 Å². The van der Waals surface area contributed by atoms with Crippen LogP contribution in [0.2, 0.25) is 0 Å². The highest BCUT2D eigenvalue weighted by molar-refractivity contribution is 5.41. The topological polar surface area (TPSA) is 62.7 Å². The SMILES string of the molecule is CCNc1cncc(NCCc2ccncc2)n1. The van der Waals surface area contributed by atoms with E-state index in [-0.39, 0.29) is 0 Å². The van der Waals surface area contributed by atoms with Crippen molar-refractivity contribution in [3.63, 3.8) is 0 Å². The van der Waals surface area contributed by atoms with Gasteiger partial charge in [0.15, 0.2) is 0 Å². The molecule has 5 heteroatoms. The lowest BCUT2D eigenvalue weighted by Gasteiger charge is -2.07. The summed E-state index contributed by atoms with van der Waals surface area (Å²) in [4.78, 5) is 12.5. The van der Waals surface area contributed by atoms with E-state index >= 15 is 0 Å². The van der Waals surface area contributed by atoms with Crippen LogP contribution in [0.4, 0.5) is 11.6 Å². The molecule has 0 fully saturated rings. The highest BCUT2D eigenvalue weighted by atomic mass is 15.1. The molecule has 0 aliphatic rings. The van der Waals surface area contributed by atoms with Crippen LogP contribution in [-0.4, -0.2) is 28.0 Å². The molecule has 0 aliphatic carbocycles. The minimum Gasteiger partial charge on any atom is -0.369 e. The molecule has 0 unspecified atom stereocenters. The Morgan fingerprint density at radius 2 is 1.72 bits per heavy atom. The first-order valence-electron chi connectivity index (χ1n) is 6.07. The van der Waals surface area contributed by atoms with Crippen molar-refractivity contribution in [3.05, 3.63) is 42.5 Å². The first-order chi connectivity index (χ1) is 8.88. The molecule has 2 aromatic rings. The molecule has 0 aromatic carbocycles. The third kappa shape index (κ3) is 3.69. The Labute approximate surface area is 107 Å². The lowest BCUT2D eigenvalue weighted by molar-refractivity contribution is 0.992. The van der Waals surface area contributed by atoms with Gasteiger partial charge < -0.3 is 10.6 Å². The molecule has 0 saturated heterocycles. The molecular formula is C13H17N5. The predicted molar refractivity (Wildman–Crippen MR) is 72.6 cm³/mol. The molecule has 0 bridgehead atoms. The van der Waals surface area contributed by atoms with E-state index in [4.69, 9.17) is 0 Å². The molecule has 0 radical (unpaired) electrons. The van der Waals surface area contributed by atoms with Crippen molar-refractivity contribution < 1.29 is 0 Å². The van der Waals surface area contributed by atoms with Crippen molar-refractivity contribution in [2.45, 2.75) is 13.3 Å². The van der Waals surface area contributed by atoms with Crippen molar-refractivity contribution in [1.82, 2.24) is 15.0 Å². The van der Waals surface area contributed by atoms with Gasteiger partial charge in [-0.25, -0.2) is 4.98 Å². The van der Waals surface area contributed by atoms with Crippen LogP contribution in [0, 0.1) is 0 Å². The zero-order valence-corrected chi connectivity index (χ0v) is 10.4. The quantitative estimate of drug-likeness (QED) is 0.812. The third-order valence-corrected chi connectivity index (χ3v) is 2.46. The van der Waals surface area contributed by atoms with Gasteiger partial charge in [0.2, 0.25) is 0 Å². The average molecular weight is 243 g/mol. The van der Waals surface area contributed by atoms with E-state index < -0.39 is 0 Å². The molecule has 0 aliphatic heterocycles. The summed E-state index contributed by atoms with van der Waals surface area (Å²) >= 11 is 0. The van der Waals surface area contributed by atoms with Crippen molar-refractivity contribution in [2.24, 2.45) is 0 Å². The standard InChI is InChI=1S/C13H17N5/c1-2-16-12-9-15-10-13(18-12)17-8-5-11-3-6-14-7-4-11/h3-4,6-7,9-10H,2,5,8H2,1H3,(H2,16,17,18). The molecule has 0 saturated carbocycles. The van der Waals surface area contributed by atoms with Crippen molar-refractivity contribution in [2.75, 3.05) is 23.7 Å². The number of anilines is 2. The number of pyridine rings is 1. The van der Waals surface area contributed by atoms with Gasteiger partial charge in [0.05, 0.1) is 12.4 Å². The van der Waals surface area contributed by atoms with Gasteiger partial charge in [-0.15, -0.1) is 0 Å². The van der Waals surface area contributed by atoms with Crippen LogP contribution in [0.1, 0.15) is 12.5 Å². The largest absolute Gasteiger partial charge is 0.369 e. The molecule has 2 aromatic heterocycles. The molecule has 0 atom stereocenters. The number of nitrogens with one attached hydrogen (secondary N) is 2. The van der Waals surface area contributed by atoms with Crippen LogP contribution in [0.3, 0.4) is 0 Å². The maximum absolute atomic E-state index is 4.40. The monoisotopic (exact) mass is 243 g/mol. The Kier molecular flexibility index (Phi) is 4.46. The summed E-state index contributed by atoms with van der Waals surface area (Å²) in [5.74, 6) is 1.59. The van der Waals surface area contributed by atoms with Crippen LogP contribution in [0.25, 0.3) is 0 Å². The summed E-state index contributed by atoms with van der Waals surface area (Å²) in [6.07, 6.45) is 8.00. The van der Waals surface area contributed by atoms with E-state index in [1.165, 1.54) is 5.56 Å². The van der Waals surface area contributed by atoms with E-state index in [1.54, 1.807) is 24.8 Å². The second kappa shape index (κ2) is 6.54. The highest BCUT2D eigenvalue weighted by Gasteiger charge is 1.97. The fourth-order valence-corrected chi connectivity index (χ4v) is 1.60. The summed E-state index contributed by atoms with van der Waals surface area (Å²) < 4.78 is 0. The van der Waals surface area contributed by atoms with Gasteiger partial charge in [0.1, 0.15) is 11.6 Å². The molecule has 18 heavy (non-hydrogen) atoms. The first kappa shape index (κ1) is 12.3. The summed E-state index contributed by atoms with van der Waals surface area (Å²) in [5, 5.41) is 6.39. The van der Waals surface area contributed by atoms with E-state index in [0.29, 0.717) is 0 Å². The molecule has 2 N–H and O–H groups in total. The number of hydrogen-bond donors (Lipinski definition) is 2. The Hall–Kier alpha value is -2.17. The highest BCUT2D eigenvalue weighted by Crippen LogP contribution is 2.06. The average Bonchev–Trinajstić information content (AvgIpc) is 2.41. The summed E-state index contributed by atoms with van der Waals surface area (Å²) in [7, 11) is 0. The zero-order valence-electron chi connectivity index (χ0n) is 10.4. The maximum atomic E-state index is 4.40. The zero-order chi connectivity index (χ0) is 12.6. The second-order valence-corrected chi connectivity index (χ2v) is 3.85. The van der Waals surface area contributed by atoms with E-state index in [9.17, 15) is 0 Å². The van der Waals surface area contributed by atoms with Gasteiger partial charge in [-0.1, -0.05) is 0 Å². The summed E-state index contributed by atoms with van der Waals surface area (Å²) in [6.45, 7) is 3.70. The Bertz CT molecular complexity index is 472. The number of rotatable bonds is 6. The van der Waals surface area contributed by atoms with E-state index in [2.05, 4.69) is 25.6 Å². The maximum Gasteiger partial charge on any atom is 0.146 e. The van der Waals surface area contributed by atoms with Crippen LogP contribution in [-0.2, 0) is 6.42 Å². The van der Waals surface area contributed by atoms with Crippen LogP contribution in [0.15, 0.2) is 36.9 Å². The minimum atomic E-state index is 0.794. The van der Waals surface area contributed by atoms with E-state index in [1.807, 2.05) is 19.1 Å². The van der Waals surface area contributed by atoms with Gasteiger partial charge in [0.25, 0.3) is 0 Å². The van der Waals surface area contributed by atoms with Gasteiger partial charge in [0, 0.05) is 25.5 Å². The number of aromatic nitrogens is 3. The Balaban J connectivity index is 1.84. The first-order valence-corrected chi connectivity index (χ1v) is 6.07. The molecule has 0 amide bonds. The lowest BCUT2D eigenvalue weighted by atomic mass is 10.2. The smallest absolute Gasteiger partial charge is 0.146 e. The molecule has 0 spiro atoms. The molecule has 94 valence electrons. The molecular weight excluding hydrogens is 226 g/mol. The summed E-state index contributed by atoms with van der Waals surface area (Å²) in [6, 6.07) is 4.03. The molecule has 2 heterocycles. The fraction of sp³-hybridized carbons (Fsp3) is 0.308. The fourth-order valence-electron chi connectivity index (χ4n) is 1.60. The van der Waals surface area contributed by atoms with Crippen LogP contribution in [0.5, 0.6) is 0 Å². The van der Waals surface area contributed by atoms with Crippen molar-refractivity contribution in [3.8, 4) is 0 Å². The lowest BCUT2D eigenvalue weighted by Crippen LogP contribution is -2.08. The van der Waals surface area contributed by atoms with Gasteiger partial charge in [-0.05, 0) is 31.0 Å². The van der Waals surface area contributed by atoms with Gasteiger partial charge in [-0.2, -0.15) is 0 Å². The Morgan fingerprint density at radius 1 is 1.00 bits per heavy atom. The molecule has 2 rings (SSSR count). The van der Waals surface area contributed by atoms with E-state index in [0.717, 1.165) is 31.1 Å². The minimum absolute atomic E-state index is 0.794. The van der Waals surface area contributed by atoms with Crippen molar-refractivity contribution >= 4 is 11.6 Å². The van der Waals surface area contributed by atoms with Gasteiger partial charge in [-0.3, -0.25) is 9.97 Å². The number of hydrogen-bond acceptors (Lipinski definition) is 5. The van der Waals surface area contributed by atoms with Crippen LogP contribution < -0.4 is 10.6 Å². The van der Waals surface area contributed by atoms with Crippen LogP contribution >= 0.6 is 0 Å². The summed E-state index contributed by atoms with van der Waals surface area (Å²) in [5.41, 5.74) is 1.26.